The Bertz CT molecular complexity index is 1140. The summed E-state index contributed by atoms with van der Waals surface area (Å²) in [4.78, 5) is 47.0. The summed E-state index contributed by atoms with van der Waals surface area (Å²) in [6.07, 6.45) is 3.39. The minimum atomic E-state index is -0.259. The van der Waals surface area contributed by atoms with E-state index in [2.05, 4.69) is 15.3 Å². The highest BCUT2D eigenvalue weighted by atomic mass is 32.2. The highest BCUT2D eigenvalue weighted by molar-refractivity contribution is 8.14. The van der Waals surface area contributed by atoms with Crippen molar-refractivity contribution in [1.29, 1.82) is 0 Å². The van der Waals surface area contributed by atoms with Gasteiger partial charge in [0, 0.05) is 28.5 Å². The van der Waals surface area contributed by atoms with Crippen molar-refractivity contribution in [3.63, 3.8) is 0 Å². The highest BCUT2D eigenvalue weighted by Gasteiger charge is 2.29. The van der Waals surface area contributed by atoms with Crippen LogP contribution in [0.4, 0.5) is 10.5 Å². The number of benzene rings is 2. The van der Waals surface area contributed by atoms with Crippen LogP contribution in [0.3, 0.4) is 0 Å². The van der Waals surface area contributed by atoms with Gasteiger partial charge in [0.15, 0.2) is 5.16 Å². The molecule has 1 N–H and O–H groups in total. The van der Waals surface area contributed by atoms with Gasteiger partial charge in [-0.2, -0.15) is 0 Å². The van der Waals surface area contributed by atoms with Gasteiger partial charge in [0.25, 0.3) is 11.1 Å². The number of thioether (sulfide) groups is 1. The third-order valence-corrected chi connectivity index (χ3v) is 6.31. The van der Waals surface area contributed by atoms with Crippen LogP contribution in [0.2, 0.25) is 0 Å². The summed E-state index contributed by atoms with van der Waals surface area (Å²) in [5.41, 5.74) is 2.80. The van der Waals surface area contributed by atoms with Crippen molar-refractivity contribution in [2.75, 3.05) is 11.1 Å². The molecule has 3 amide bonds. The number of nitrogens with one attached hydrogen (secondary N) is 1. The summed E-state index contributed by atoms with van der Waals surface area (Å²) in [6.45, 7) is 2.09. The lowest BCUT2D eigenvalue weighted by Gasteiger charge is -2.14. The quantitative estimate of drug-likeness (QED) is 0.557. The Morgan fingerprint density at radius 2 is 1.94 bits per heavy atom. The van der Waals surface area contributed by atoms with Crippen molar-refractivity contribution in [1.82, 2.24) is 14.9 Å². The molecular formula is C22H18N4O3S2. The predicted octanol–water partition coefficient (Wildman–Crippen LogP) is 4.38. The van der Waals surface area contributed by atoms with Crippen LogP contribution in [0.5, 0.6) is 0 Å². The van der Waals surface area contributed by atoms with Crippen molar-refractivity contribution in [2.45, 2.75) is 23.5 Å². The van der Waals surface area contributed by atoms with Crippen molar-refractivity contribution < 1.29 is 14.4 Å². The average molecular weight is 451 g/mol. The van der Waals surface area contributed by atoms with Gasteiger partial charge < -0.3 is 5.32 Å². The number of rotatable bonds is 6. The minimum Gasteiger partial charge on any atom is -0.322 e. The monoisotopic (exact) mass is 450 g/mol. The smallest absolute Gasteiger partial charge is 0.289 e. The van der Waals surface area contributed by atoms with E-state index in [1.54, 1.807) is 42.7 Å². The molecule has 2 aromatic carbocycles. The van der Waals surface area contributed by atoms with E-state index >= 15 is 0 Å². The maximum Gasteiger partial charge on any atom is 0.289 e. The normalized spacial score (nSPS) is 13.5. The summed E-state index contributed by atoms with van der Waals surface area (Å²) in [6, 6.07) is 14.4. The lowest BCUT2D eigenvalue weighted by molar-refractivity contribution is -0.125. The van der Waals surface area contributed by atoms with E-state index < -0.39 is 0 Å². The average Bonchev–Trinajstić information content (AvgIpc) is 3.08. The Hall–Kier alpha value is -3.17. The molecule has 0 saturated carbocycles. The number of imide groups is 1. The zero-order valence-electron chi connectivity index (χ0n) is 16.6. The molecule has 7 nitrogen and oxygen atoms in total. The number of hydrogen-bond donors (Lipinski definition) is 1. The number of anilines is 1. The first-order chi connectivity index (χ1) is 15.0. The standard InChI is InChI=1S/C22H18N4O3S2/c1-14-10-17(31-21-23-8-3-9-24-21)6-7-18(14)25-20(28)16-5-2-4-15(11-16)12-26-19(27)13-30-22(26)29/h2-11H,12-13H2,1H3,(H,25,28). The van der Waals surface area contributed by atoms with Crippen LogP contribution < -0.4 is 5.32 Å². The number of hydrogen-bond acceptors (Lipinski definition) is 7. The Balaban J connectivity index is 1.44. The number of carbonyl (C=O) groups is 3. The van der Waals surface area contributed by atoms with Crippen LogP contribution in [0.15, 0.2) is 71.0 Å². The first kappa shape index (κ1) is 21.1. The van der Waals surface area contributed by atoms with Gasteiger partial charge in [-0.3, -0.25) is 19.3 Å². The van der Waals surface area contributed by atoms with E-state index in [4.69, 9.17) is 0 Å². The first-order valence-corrected chi connectivity index (χ1v) is 11.2. The zero-order valence-corrected chi connectivity index (χ0v) is 18.2. The molecule has 156 valence electrons. The second kappa shape index (κ2) is 9.32. The molecule has 3 aromatic rings. The van der Waals surface area contributed by atoms with Gasteiger partial charge in [-0.1, -0.05) is 23.9 Å². The Labute approximate surface area is 187 Å². The maximum absolute atomic E-state index is 12.8. The number of nitrogens with zero attached hydrogens (tertiary/aromatic N) is 3. The maximum atomic E-state index is 12.8. The molecule has 1 saturated heterocycles. The lowest BCUT2D eigenvalue weighted by Crippen LogP contribution is -2.28. The third kappa shape index (κ3) is 5.12. The van der Waals surface area contributed by atoms with E-state index in [0.29, 0.717) is 16.4 Å². The topological polar surface area (TPSA) is 92.3 Å². The summed E-state index contributed by atoms with van der Waals surface area (Å²) in [5.74, 6) is -0.298. The minimum absolute atomic E-state index is 0.165. The van der Waals surface area contributed by atoms with Crippen LogP contribution in [-0.2, 0) is 11.3 Å². The van der Waals surface area contributed by atoms with Crippen LogP contribution >= 0.6 is 23.5 Å². The van der Waals surface area contributed by atoms with Crippen LogP contribution in [0.25, 0.3) is 0 Å². The molecule has 4 rings (SSSR count). The van der Waals surface area contributed by atoms with Crippen molar-refractivity contribution in [3.05, 3.63) is 77.6 Å². The molecule has 1 aliphatic rings. The van der Waals surface area contributed by atoms with E-state index in [1.165, 1.54) is 16.7 Å². The van der Waals surface area contributed by atoms with Gasteiger partial charge in [0.1, 0.15) is 0 Å². The molecule has 0 atom stereocenters. The molecule has 1 aliphatic heterocycles. The van der Waals surface area contributed by atoms with Crippen LogP contribution in [0.1, 0.15) is 21.5 Å². The van der Waals surface area contributed by atoms with Gasteiger partial charge in [0.2, 0.25) is 5.91 Å². The Morgan fingerprint density at radius 1 is 1.13 bits per heavy atom. The molecular weight excluding hydrogens is 432 g/mol. The second-order valence-electron chi connectivity index (χ2n) is 6.80. The molecule has 9 heteroatoms. The fourth-order valence-corrected chi connectivity index (χ4v) is 4.54. The molecule has 2 heterocycles. The van der Waals surface area contributed by atoms with Crippen molar-refractivity contribution in [3.8, 4) is 0 Å². The van der Waals surface area contributed by atoms with Gasteiger partial charge in [-0.25, -0.2) is 9.97 Å². The Morgan fingerprint density at radius 3 is 2.65 bits per heavy atom. The molecule has 0 radical (unpaired) electrons. The fourth-order valence-electron chi connectivity index (χ4n) is 3.01. The van der Waals surface area contributed by atoms with E-state index in [0.717, 1.165) is 27.8 Å². The lowest BCUT2D eigenvalue weighted by atomic mass is 10.1. The van der Waals surface area contributed by atoms with Crippen molar-refractivity contribution in [2.24, 2.45) is 0 Å². The molecule has 0 spiro atoms. The largest absolute Gasteiger partial charge is 0.322 e. The summed E-state index contributed by atoms with van der Waals surface area (Å²) in [7, 11) is 0. The second-order valence-corrected chi connectivity index (χ2v) is 8.77. The molecule has 0 bridgehead atoms. The highest BCUT2D eigenvalue weighted by Crippen LogP contribution is 2.28. The number of aryl methyl sites for hydroxylation is 1. The SMILES string of the molecule is Cc1cc(Sc2ncccn2)ccc1NC(=O)c1cccc(CN2C(=O)CSC2=O)c1. The molecule has 1 fully saturated rings. The molecule has 31 heavy (non-hydrogen) atoms. The van der Waals surface area contributed by atoms with Gasteiger partial charge >= 0.3 is 0 Å². The fraction of sp³-hybridized carbons (Fsp3) is 0.136. The predicted molar refractivity (Wildman–Crippen MR) is 120 cm³/mol. The number of carbonyl (C=O) groups excluding carboxylic acids is 3. The number of amides is 3. The first-order valence-electron chi connectivity index (χ1n) is 9.42. The van der Waals surface area contributed by atoms with Crippen LogP contribution in [0, 0.1) is 6.92 Å². The molecule has 1 aromatic heterocycles. The Kier molecular flexibility index (Phi) is 6.34. The van der Waals surface area contributed by atoms with Gasteiger partial charge in [0.05, 0.1) is 12.3 Å². The molecule has 0 unspecified atom stereocenters. The summed E-state index contributed by atoms with van der Waals surface area (Å²) >= 11 is 2.44. The summed E-state index contributed by atoms with van der Waals surface area (Å²) in [5, 5.41) is 3.33. The number of aromatic nitrogens is 2. The summed E-state index contributed by atoms with van der Waals surface area (Å²) < 4.78 is 0. The van der Waals surface area contributed by atoms with Gasteiger partial charge in [-0.15, -0.1) is 0 Å². The van der Waals surface area contributed by atoms with Crippen LogP contribution in [-0.4, -0.2) is 37.7 Å². The van der Waals surface area contributed by atoms with E-state index in [9.17, 15) is 14.4 Å². The van der Waals surface area contributed by atoms with E-state index in [-0.39, 0.29) is 29.4 Å². The molecule has 0 aliphatic carbocycles. The third-order valence-electron chi connectivity index (χ3n) is 4.57. The van der Waals surface area contributed by atoms with Crippen molar-refractivity contribution >= 4 is 46.3 Å². The zero-order chi connectivity index (χ0) is 21.8. The van der Waals surface area contributed by atoms with E-state index in [1.807, 2.05) is 25.1 Å². The van der Waals surface area contributed by atoms with Gasteiger partial charge in [-0.05, 0) is 66.2 Å².